The van der Waals surface area contributed by atoms with E-state index in [-0.39, 0.29) is 6.61 Å². The molecule has 2 N–H and O–H groups in total. The van der Waals surface area contributed by atoms with Crippen LogP contribution in [-0.2, 0) is 6.54 Å². The second kappa shape index (κ2) is 6.67. The Balaban J connectivity index is 2.07. The molecule has 0 unspecified atom stereocenters. The van der Waals surface area contributed by atoms with E-state index in [1.165, 1.54) is 0 Å². The highest BCUT2D eigenvalue weighted by Crippen LogP contribution is 2.28. The lowest BCUT2D eigenvalue weighted by molar-refractivity contribution is 0.368. The molecule has 0 saturated heterocycles. The maximum atomic E-state index is 9.93. The summed E-state index contributed by atoms with van der Waals surface area (Å²) in [5.74, 6) is 1.01. The summed E-state index contributed by atoms with van der Waals surface area (Å²) < 4.78 is 5.28. The summed E-state index contributed by atoms with van der Waals surface area (Å²) >= 11 is 0. The van der Waals surface area contributed by atoms with Crippen molar-refractivity contribution in [2.24, 2.45) is 0 Å². The van der Waals surface area contributed by atoms with Crippen LogP contribution < -0.4 is 10.1 Å². The zero-order chi connectivity index (χ0) is 15.2. The Morgan fingerprint density at radius 2 is 2.05 bits per heavy atom. The van der Waals surface area contributed by atoms with Gasteiger partial charge in [-0.15, -0.1) is 0 Å². The van der Waals surface area contributed by atoms with E-state index in [1.54, 1.807) is 0 Å². The van der Waals surface area contributed by atoms with Crippen LogP contribution in [0.4, 0.5) is 5.69 Å². The Morgan fingerprint density at radius 1 is 1.24 bits per heavy atom. The van der Waals surface area contributed by atoms with E-state index in [0.717, 1.165) is 22.4 Å². The lowest BCUT2D eigenvalue weighted by Crippen LogP contribution is -2.02. The van der Waals surface area contributed by atoms with Crippen LogP contribution in [-0.4, -0.2) is 11.7 Å². The lowest BCUT2D eigenvalue weighted by Gasteiger charge is -2.13. The Bertz CT molecular complexity index is 675. The van der Waals surface area contributed by atoms with Crippen LogP contribution >= 0.6 is 0 Å². The Labute approximate surface area is 124 Å². The SMILES string of the molecule is Cc1ccc(NCc2cccc(OCC#N)c2)c(C)c1O. The minimum absolute atomic E-state index is 0.0435. The van der Waals surface area contributed by atoms with Gasteiger partial charge in [-0.05, 0) is 43.2 Å². The van der Waals surface area contributed by atoms with Gasteiger partial charge in [0.25, 0.3) is 0 Å². The van der Waals surface area contributed by atoms with E-state index in [9.17, 15) is 5.11 Å². The summed E-state index contributed by atoms with van der Waals surface area (Å²) in [7, 11) is 0. The number of nitriles is 1. The number of nitrogens with zero attached hydrogens (tertiary/aromatic N) is 1. The van der Waals surface area contributed by atoms with Crippen LogP contribution in [0.1, 0.15) is 16.7 Å². The van der Waals surface area contributed by atoms with Crippen LogP contribution in [0.15, 0.2) is 36.4 Å². The maximum absolute atomic E-state index is 9.93. The highest BCUT2D eigenvalue weighted by Gasteiger charge is 2.06. The molecule has 0 heterocycles. The maximum Gasteiger partial charge on any atom is 0.174 e. The van der Waals surface area contributed by atoms with Gasteiger partial charge in [0, 0.05) is 17.8 Å². The van der Waals surface area contributed by atoms with Crippen molar-refractivity contribution >= 4 is 5.69 Å². The van der Waals surface area contributed by atoms with E-state index in [4.69, 9.17) is 10.00 Å². The van der Waals surface area contributed by atoms with Crippen molar-refractivity contribution < 1.29 is 9.84 Å². The Kier molecular flexibility index (Phi) is 4.68. The molecule has 0 aromatic heterocycles. The number of phenols is 1. The molecule has 2 aromatic carbocycles. The molecule has 4 heteroatoms. The molecule has 21 heavy (non-hydrogen) atoms. The molecular weight excluding hydrogens is 264 g/mol. The van der Waals surface area contributed by atoms with Gasteiger partial charge in [-0.3, -0.25) is 0 Å². The van der Waals surface area contributed by atoms with Gasteiger partial charge >= 0.3 is 0 Å². The highest BCUT2D eigenvalue weighted by molar-refractivity contribution is 5.59. The van der Waals surface area contributed by atoms with Gasteiger partial charge in [0.2, 0.25) is 0 Å². The first kappa shape index (κ1) is 14.7. The summed E-state index contributed by atoms with van der Waals surface area (Å²) in [6.45, 7) is 4.42. The summed E-state index contributed by atoms with van der Waals surface area (Å²) in [6.07, 6.45) is 0. The standard InChI is InChI=1S/C17H18N2O2/c1-12-6-7-16(13(2)17(12)20)19-11-14-4-3-5-15(10-14)21-9-8-18/h3-7,10,19-20H,9,11H2,1-2H3. The van der Waals surface area contributed by atoms with Gasteiger partial charge in [0.1, 0.15) is 17.6 Å². The number of nitrogens with one attached hydrogen (secondary N) is 1. The van der Waals surface area contributed by atoms with E-state index >= 15 is 0 Å². The fourth-order valence-electron chi connectivity index (χ4n) is 2.09. The zero-order valence-electron chi connectivity index (χ0n) is 12.2. The highest BCUT2D eigenvalue weighted by atomic mass is 16.5. The molecule has 0 saturated carbocycles. The van der Waals surface area contributed by atoms with Crippen LogP contribution in [0.2, 0.25) is 0 Å². The van der Waals surface area contributed by atoms with E-state index in [2.05, 4.69) is 5.32 Å². The van der Waals surface area contributed by atoms with Crippen molar-refractivity contribution in [3.8, 4) is 17.6 Å². The average molecular weight is 282 g/mol. The summed E-state index contributed by atoms with van der Waals surface area (Å²) in [5, 5.41) is 21.8. The van der Waals surface area contributed by atoms with Crippen molar-refractivity contribution in [1.29, 1.82) is 5.26 Å². The van der Waals surface area contributed by atoms with Gasteiger partial charge < -0.3 is 15.2 Å². The number of hydrogen-bond donors (Lipinski definition) is 2. The van der Waals surface area contributed by atoms with Crippen molar-refractivity contribution in [1.82, 2.24) is 0 Å². The normalized spacial score (nSPS) is 9.95. The monoisotopic (exact) mass is 282 g/mol. The Hall–Kier alpha value is -2.67. The van der Waals surface area contributed by atoms with Crippen molar-refractivity contribution in [2.45, 2.75) is 20.4 Å². The second-order valence-electron chi connectivity index (χ2n) is 4.85. The average Bonchev–Trinajstić information content (AvgIpc) is 2.50. The van der Waals surface area contributed by atoms with Crippen LogP contribution in [0.25, 0.3) is 0 Å². The van der Waals surface area contributed by atoms with Gasteiger partial charge in [0.15, 0.2) is 6.61 Å². The third-order valence-electron chi connectivity index (χ3n) is 3.32. The number of anilines is 1. The van der Waals surface area contributed by atoms with Crippen molar-refractivity contribution in [3.05, 3.63) is 53.1 Å². The van der Waals surface area contributed by atoms with Gasteiger partial charge in [-0.25, -0.2) is 0 Å². The van der Waals surface area contributed by atoms with Crippen LogP contribution in [0.3, 0.4) is 0 Å². The number of benzene rings is 2. The first-order valence-electron chi connectivity index (χ1n) is 6.73. The minimum Gasteiger partial charge on any atom is -0.507 e. The van der Waals surface area contributed by atoms with Gasteiger partial charge in [-0.2, -0.15) is 5.26 Å². The zero-order valence-corrected chi connectivity index (χ0v) is 12.2. The molecule has 0 atom stereocenters. The summed E-state index contributed by atoms with van der Waals surface area (Å²) in [5.41, 5.74) is 3.66. The molecular formula is C17H18N2O2. The lowest BCUT2D eigenvalue weighted by atomic mass is 10.1. The molecule has 0 fully saturated rings. The largest absolute Gasteiger partial charge is 0.507 e. The summed E-state index contributed by atoms with van der Waals surface area (Å²) in [6, 6.07) is 13.4. The second-order valence-corrected chi connectivity index (χ2v) is 4.85. The van der Waals surface area contributed by atoms with Crippen molar-refractivity contribution in [2.75, 3.05) is 11.9 Å². The minimum atomic E-state index is 0.0435. The molecule has 2 aromatic rings. The van der Waals surface area contributed by atoms with Crippen molar-refractivity contribution in [3.63, 3.8) is 0 Å². The quantitative estimate of drug-likeness (QED) is 0.880. The number of rotatable bonds is 5. The topological polar surface area (TPSA) is 65.3 Å². The summed E-state index contributed by atoms with van der Waals surface area (Å²) in [4.78, 5) is 0. The van der Waals surface area contributed by atoms with Gasteiger partial charge in [-0.1, -0.05) is 18.2 Å². The molecule has 4 nitrogen and oxygen atoms in total. The molecule has 0 bridgehead atoms. The Morgan fingerprint density at radius 3 is 2.81 bits per heavy atom. The number of hydrogen-bond acceptors (Lipinski definition) is 4. The molecule has 2 rings (SSSR count). The van der Waals surface area contributed by atoms with E-state index < -0.39 is 0 Å². The van der Waals surface area contributed by atoms with E-state index in [0.29, 0.717) is 18.0 Å². The number of aryl methyl sites for hydroxylation is 1. The third-order valence-corrected chi connectivity index (χ3v) is 3.32. The molecule has 0 aliphatic rings. The third kappa shape index (κ3) is 3.67. The molecule has 0 amide bonds. The van der Waals surface area contributed by atoms with Crippen LogP contribution in [0.5, 0.6) is 11.5 Å². The predicted molar refractivity (Wildman–Crippen MR) is 82.5 cm³/mol. The van der Waals surface area contributed by atoms with Gasteiger partial charge in [0.05, 0.1) is 0 Å². The van der Waals surface area contributed by atoms with E-state index in [1.807, 2.05) is 56.3 Å². The number of aromatic hydroxyl groups is 1. The molecule has 0 aliphatic heterocycles. The smallest absolute Gasteiger partial charge is 0.174 e. The predicted octanol–water partition coefficient (Wildman–Crippen LogP) is 3.52. The molecule has 0 radical (unpaired) electrons. The first-order valence-corrected chi connectivity index (χ1v) is 6.73. The molecule has 0 aliphatic carbocycles. The number of phenolic OH excluding ortho intramolecular Hbond substituents is 1. The van der Waals surface area contributed by atoms with Crippen LogP contribution in [0, 0.1) is 25.2 Å². The first-order chi connectivity index (χ1) is 10.1. The fourth-order valence-corrected chi connectivity index (χ4v) is 2.09. The molecule has 108 valence electrons. The number of ether oxygens (including phenoxy) is 1. The molecule has 0 spiro atoms. The fraction of sp³-hybridized carbons (Fsp3) is 0.235.